The van der Waals surface area contributed by atoms with Crippen molar-refractivity contribution in [2.45, 2.75) is 27.2 Å². The maximum Gasteiger partial charge on any atom is 0.252 e. The second kappa shape index (κ2) is 5.42. The summed E-state index contributed by atoms with van der Waals surface area (Å²) in [4.78, 5) is 24.4. The van der Waals surface area contributed by atoms with E-state index in [0.717, 1.165) is 13.1 Å². The molecule has 2 heterocycles. The fraction of sp³-hybridized carbons (Fsp3) is 0.615. The number of aliphatic imine (C=N–C) groups is 1. The molecule has 0 bridgehead atoms. The molecule has 2 unspecified atom stereocenters. The summed E-state index contributed by atoms with van der Waals surface area (Å²) in [5.74, 6) is 1.89. The summed E-state index contributed by atoms with van der Waals surface area (Å²) in [6.07, 6.45) is 1.21. The maximum atomic E-state index is 11.4. The Hall–Kier alpha value is -1.85. The molecule has 0 aromatic carbocycles. The first-order valence-electron chi connectivity index (χ1n) is 6.61. The third kappa shape index (κ3) is 3.56. The molecule has 0 radical (unpaired) electrons. The summed E-state index contributed by atoms with van der Waals surface area (Å²) in [5.41, 5.74) is 6.44. The van der Waals surface area contributed by atoms with Crippen LogP contribution in [0.3, 0.4) is 0 Å². The molecular weight excluding hydrogens is 242 g/mol. The number of aromatic nitrogens is 2. The van der Waals surface area contributed by atoms with E-state index in [9.17, 15) is 4.79 Å². The van der Waals surface area contributed by atoms with Gasteiger partial charge in [-0.15, -0.1) is 0 Å². The number of nitrogens with one attached hydrogen (secondary N) is 1. The monoisotopic (exact) mass is 263 g/mol. The molecule has 1 fully saturated rings. The van der Waals surface area contributed by atoms with Gasteiger partial charge < -0.3 is 10.6 Å². The predicted molar refractivity (Wildman–Crippen MR) is 75.4 cm³/mol. The maximum absolute atomic E-state index is 11.4. The number of H-pyrrole nitrogens is 1. The van der Waals surface area contributed by atoms with Crippen molar-refractivity contribution in [2.75, 3.05) is 13.1 Å². The summed E-state index contributed by atoms with van der Waals surface area (Å²) < 4.78 is 0. The Bertz CT molecular complexity index is 526. The van der Waals surface area contributed by atoms with E-state index in [1.807, 2.05) is 0 Å². The van der Waals surface area contributed by atoms with Gasteiger partial charge in [0.2, 0.25) is 5.95 Å². The summed E-state index contributed by atoms with van der Waals surface area (Å²) in [6.45, 7) is 7.98. The summed E-state index contributed by atoms with van der Waals surface area (Å²) >= 11 is 0. The molecule has 1 saturated heterocycles. The fourth-order valence-electron chi connectivity index (χ4n) is 2.65. The van der Waals surface area contributed by atoms with Crippen molar-refractivity contribution < 1.29 is 0 Å². The number of hydrogen-bond acceptors (Lipinski definition) is 3. The van der Waals surface area contributed by atoms with Gasteiger partial charge >= 0.3 is 0 Å². The van der Waals surface area contributed by atoms with E-state index < -0.39 is 0 Å². The van der Waals surface area contributed by atoms with Crippen molar-refractivity contribution >= 4 is 11.9 Å². The van der Waals surface area contributed by atoms with Gasteiger partial charge in [-0.2, -0.15) is 4.99 Å². The molecule has 0 aliphatic carbocycles. The van der Waals surface area contributed by atoms with Crippen LogP contribution in [-0.2, 0) is 0 Å². The number of aromatic amines is 1. The van der Waals surface area contributed by atoms with Crippen LogP contribution in [0.2, 0.25) is 0 Å². The van der Waals surface area contributed by atoms with Crippen LogP contribution in [0, 0.1) is 18.8 Å². The van der Waals surface area contributed by atoms with E-state index in [1.165, 1.54) is 12.5 Å². The van der Waals surface area contributed by atoms with Crippen molar-refractivity contribution in [3.63, 3.8) is 0 Å². The second-order valence-corrected chi connectivity index (χ2v) is 5.53. The lowest BCUT2D eigenvalue weighted by molar-refractivity contribution is 0.212. The number of piperidine rings is 1. The number of aryl methyl sites for hydroxylation is 1. The smallest absolute Gasteiger partial charge is 0.252 e. The molecular formula is C13H21N5O. The third-order valence-corrected chi connectivity index (χ3v) is 3.27. The van der Waals surface area contributed by atoms with Crippen LogP contribution in [-0.4, -0.2) is 33.9 Å². The van der Waals surface area contributed by atoms with E-state index in [4.69, 9.17) is 5.73 Å². The van der Waals surface area contributed by atoms with Crippen LogP contribution in [0.5, 0.6) is 0 Å². The van der Waals surface area contributed by atoms with Crippen LogP contribution in [0.15, 0.2) is 15.9 Å². The van der Waals surface area contributed by atoms with Crippen LogP contribution >= 0.6 is 0 Å². The van der Waals surface area contributed by atoms with Gasteiger partial charge in [0.15, 0.2) is 5.96 Å². The molecule has 1 aliphatic rings. The normalized spacial score (nSPS) is 24.6. The Labute approximate surface area is 112 Å². The van der Waals surface area contributed by atoms with Gasteiger partial charge in [-0.1, -0.05) is 13.8 Å². The Morgan fingerprint density at radius 1 is 1.47 bits per heavy atom. The molecule has 2 rings (SSSR count). The quantitative estimate of drug-likeness (QED) is 0.584. The highest BCUT2D eigenvalue weighted by Gasteiger charge is 2.23. The molecule has 1 aliphatic heterocycles. The first kappa shape index (κ1) is 13.6. The Balaban J connectivity index is 2.20. The zero-order valence-corrected chi connectivity index (χ0v) is 11.7. The average molecular weight is 263 g/mol. The molecule has 3 N–H and O–H groups in total. The van der Waals surface area contributed by atoms with E-state index in [2.05, 4.69) is 33.7 Å². The van der Waals surface area contributed by atoms with E-state index in [1.54, 1.807) is 6.92 Å². The standard InChI is InChI=1S/C13H21N5O/c1-8-4-9(2)7-18(6-8)12(14)17-13-15-10(3)5-11(19)16-13/h5,8-9H,4,6-7H2,1-3H3,(H3,14,15,16,17,19). The number of hydrogen-bond donors (Lipinski definition) is 2. The van der Waals surface area contributed by atoms with Crippen molar-refractivity contribution in [1.29, 1.82) is 0 Å². The minimum atomic E-state index is -0.209. The van der Waals surface area contributed by atoms with Gasteiger partial charge in [0.05, 0.1) is 0 Å². The number of guanidine groups is 1. The number of likely N-dealkylation sites (tertiary alicyclic amines) is 1. The highest BCUT2D eigenvalue weighted by atomic mass is 16.1. The molecule has 2 atom stereocenters. The summed E-state index contributed by atoms with van der Waals surface area (Å²) in [7, 11) is 0. The lowest BCUT2D eigenvalue weighted by Gasteiger charge is -2.35. The van der Waals surface area contributed by atoms with Gasteiger partial charge in [-0.05, 0) is 25.2 Å². The molecule has 1 aromatic rings. The molecule has 0 amide bonds. The number of rotatable bonds is 1. The Morgan fingerprint density at radius 3 is 2.68 bits per heavy atom. The van der Waals surface area contributed by atoms with E-state index in [-0.39, 0.29) is 11.5 Å². The SMILES string of the molecule is Cc1cc(=O)[nH]c(/N=C(\N)N2CC(C)CC(C)C2)n1. The van der Waals surface area contributed by atoms with Gasteiger partial charge in [0.1, 0.15) is 0 Å². The van der Waals surface area contributed by atoms with Crippen molar-refractivity contribution in [3.05, 3.63) is 22.1 Å². The third-order valence-electron chi connectivity index (χ3n) is 3.27. The molecule has 104 valence electrons. The van der Waals surface area contributed by atoms with Crippen molar-refractivity contribution in [3.8, 4) is 0 Å². The zero-order valence-electron chi connectivity index (χ0n) is 11.7. The minimum Gasteiger partial charge on any atom is -0.369 e. The van der Waals surface area contributed by atoms with Gasteiger partial charge in [0, 0.05) is 24.8 Å². The lowest BCUT2D eigenvalue weighted by atomic mass is 9.92. The van der Waals surface area contributed by atoms with Crippen molar-refractivity contribution in [1.82, 2.24) is 14.9 Å². The molecule has 19 heavy (non-hydrogen) atoms. The van der Waals surface area contributed by atoms with E-state index >= 15 is 0 Å². The van der Waals surface area contributed by atoms with Crippen LogP contribution in [0.25, 0.3) is 0 Å². The molecule has 6 nitrogen and oxygen atoms in total. The lowest BCUT2D eigenvalue weighted by Crippen LogP contribution is -2.46. The molecule has 1 aromatic heterocycles. The predicted octanol–water partition coefficient (Wildman–Crippen LogP) is 1.00. The van der Waals surface area contributed by atoms with E-state index in [0.29, 0.717) is 23.5 Å². The van der Waals surface area contributed by atoms with Gasteiger partial charge in [-0.3, -0.25) is 9.78 Å². The fourth-order valence-corrected chi connectivity index (χ4v) is 2.65. The summed E-state index contributed by atoms with van der Waals surface area (Å²) in [6, 6.07) is 1.43. The number of nitrogens with zero attached hydrogens (tertiary/aromatic N) is 3. The van der Waals surface area contributed by atoms with Crippen LogP contribution in [0.1, 0.15) is 26.0 Å². The highest BCUT2D eigenvalue weighted by Crippen LogP contribution is 2.20. The first-order chi connectivity index (χ1) is 8.94. The van der Waals surface area contributed by atoms with Crippen LogP contribution < -0.4 is 11.3 Å². The molecule has 0 saturated carbocycles. The highest BCUT2D eigenvalue weighted by molar-refractivity contribution is 5.80. The first-order valence-corrected chi connectivity index (χ1v) is 6.61. The topological polar surface area (TPSA) is 87.4 Å². The van der Waals surface area contributed by atoms with Gasteiger partial charge in [-0.25, -0.2) is 4.98 Å². The van der Waals surface area contributed by atoms with Gasteiger partial charge in [0.25, 0.3) is 5.56 Å². The minimum absolute atomic E-state index is 0.209. The average Bonchev–Trinajstić information content (AvgIpc) is 2.25. The Kier molecular flexibility index (Phi) is 3.87. The zero-order chi connectivity index (χ0) is 14.0. The molecule has 0 spiro atoms. The Morgan fingerprint density at radius 2 is 2.11 bits per heavy atom. The largest absolute Gasteiger partial charge is 0.369 e. The van der Waals surface area contributed by atoms with Crippen LogP contribution in [0.4, 0.5) is 5.95 Å². The second-order valence-electron chi connectivity index (χ2n) is 5.53. The van der Waals surface area contributed by atoms with Crippen molar-refractivity contribution in [2.24, 2.45) is 22.6 Å². The summed E-state index contributed by atoms with van der Waals surface area (Å²) in [5, 5.41) is 0. The molecule has 6 heteroatoms. The number of nitrogens with two attached hydrogens (primary N) is 1.